The molecule has 1 amide bonds. The number of para-hydroxylation sites is 2. The Morgan fingerprint density at radius 2 is 1.78 bits per heavy atom. The molecular formula is C18H13F3N2O4. The van der Waals surface area contributed by atoms with E-state index in [1.165, 1.54) is 18.2 Å². The highest BCUT2D eigenvalue weighted by Gasteiger charge is 2.32. The van der Waals surface area contributed by atoms with Gasteiger partial charge in [-0.15, -0.1) is 13.2 Å². The maximum absolute atomic E-state index is 12.4. The first-order chi connectivity index (χ1) is 12.9. The third kappa shape index (κ3) is 5.00. The second-order valence-electron chi connectivity index (χ2n) is 5.32. The molecule has 0 aliphatic carbocycles. The monoisotopic (exact) mass is 378 g/mol. The molecule has 1 aromatic heterocycles. The van der Waals surface area contributed by atoms with E-state index in [0.29, 0.717) is 12.1 Å². The zero-order valence-corrected chi connectivity index (χ0v) is 13.7. The largest absolute Gasteiger partial charge is 0.573 e. The first kappa shape index (κ1) is 18.3. The van der Waals surface area contributed by atoms with E-state index in [4.69, 9.17) is 9.26 Å². The SMILES string of the molecule is O=CNc1cc(-c2ccc(COc3ccccc3OC(F)(F)F)cc2)no1. The molecule has 6 nitrogen and oxygen atoms in total. The molecule has 0 atom stereocenters. The van der Waals surface area contributed by atoms with Crippen LogP contribution in [0.4, 0.5) is 19.1 Å². The van der Waals surface area contributed by atoms with Crippen LogP contribution in [-0.2, 0) is 11.4 Å². The molecule has 0 radical (unpaired) electrons. The Labute approximate surface area is 151 Å². The standard InChI is InChI=1S/C18H13F3N2O4/c19-18(20,21)26-16-4-2-1-3-15(16)25-10-12-5-7-13(8-6-12)14-9-17(22-11-24)27-23-14/h1-9,11H,10H2,(H,22,24). The van der Waals surface area contributed by atoms with E-state index in [1.807, 2.05) is 0 Å². The normalized spacial score (nSPS) is 11.1. The van der Waals surface area contributed by atoms with Crippen LogP contribution in [0, 0.1) is 0 Å². The smallest absolute Gasteiger partial charge is 0.485 e. The minimum Gasteiger partial charge on any atom is -0.485 e. The molecular weight excluding hydrogens is 365 g/mol. The molecule has 0 aliphatic heterocycles. The number of carbonyl (C=O) groups is 1. The van der Waals surface area contributed by atoms with Crippen LogP contribution < -0.4 is 14.8 Å². The van der Waals surface area contributed by atoms with Crippen molar-refractivity contribution in [2.45, 2.75) is 13.0 Å². The minimum absolute atomic E-state index is 0.0139. The van der Waals surface area contributed by atoms with Crippen molar-refractivity contribution in [3.05, 3.63) is 60.2 Å². The number of rotatable bonds is 7. The number of nitrogens with zero attached hydrogens (tertiary/aromatic N) is 1. The molecule has 3 aromatic rings. The second kappa shape index (κ2) is 7.81. The van der Waals surface area contributed by atoms with E-state index < -0.39 is 12.1 Å². The van der Waals surface area contributed by atoms with Crippen molar-refractivity contribution < 1.29 is 32.0 Å². The number of benzene rings is 2. The summed E-state index contributed by atoms with van der Waals surface area (Å²) >= 11 is 0. The Hall–Kier alpha value is -3.49. The van der Waals surface area contributed by atoms with Crippen molar-refractivity contribution in [1.29, 1.82) is 0 Å². The molecule has 1 heterocycles. The average Bonchev–Trinajstić information content (AvgIpc) is 3.09. The highest BCUT2D eigenvalue weighted by atomic mass is 19.4. The Bertz CT molecular complexity index is 907. The lowest BCUT2D eigenvalue weighted by molar-refractivity contribution is -0.275. The molecule has 140 valence electrons. The second-order valence-corrected chi connectivity index (χ2v) is 5.32. The molecule has 3 rings (SSSR count). The van der Waals surface area contributed by atoms with Crippen LogP contribution in [0.3, 0.4) is 0 Å². The summed E-state index contributed by atoms with van der Waals surface area (Å²) in [6.07, 6.45) is -4.32. The van der Waals surface area contributed by atoms with Gasteiger partial charge in [-0.25, -0.2) is 0 Å². The van der Waals surface area contributed by atoms with Gasteiger partial charge < -0.3 is 14.0 Å². The number of hydrogen-bond donors (Lipinski definition) is 1. The average molecular weight is 378 g/mol. The summed E-state index contributed by atoms with van der Waals surface area (Å²) in [5, 5.41) is 6.17. The maximum Gasteiger partial charge on any atom is 0.573 e. The Morgan fingerprint density at radius 3 is 2.44 bits per heavy atom. The van der Waals surface area contributed by atoms with Gasteiger partial charge in [-0.1, -0.05) is 41.6 Å². The number of anilines is 1. The van der Waals surface area contributed by atoms with E-state index in [0.717, 1.165) is 11.1 Å². The summed E-state index contributed by atoms with van der Waals surface area (Å²) in [5.41, 5.74) is 1.99. The summed E-state index contributed by atoms with van der Waals surface area (Å²) < 4.78 is 51.6. The molecule has 9 heteroatoms. The molecule has 2 aromatic carbocycles. The summed E-state index contributed by atoms with van der Waals surface area (Å²) in [7, 11) is 0. The third-order valence-electron chi connectivity index (χ3n) is 3.43. The Morgan fingerprint density at radius 1 is 1.07 bits per heavy atom. The molecule has 0 aliphatic rings. The fraction of sp³-hybridized carbons (Fsp3) is 0.111. The van der Waals surface area contributed by atoms with Gasteiger partial charge in [0.1, 0.15) is 12.3 Å². The summed E-state index contributed by atoms with van der Waals surface area (Å²) in [6, 6.07) is 14.1. The van der Waals surface area contributed by atoms with Crippen LogP contribution in [-0.4, -0.2) is 17.9 Å². The van der Waals surface area contributed by atoms with E-state index >= 15 is 0 Å². The van der Waals surface area contributed by atoms with Crippen LogP contribution in [0.5, 0.6) is 11.5 Å². The lowest BCUT2D eigenvalue weighted by Gasteiger charge is -2.14. The van der Waals surface area contributed by atoms with Crippen molar-refractivity contribution in [3.63, 3.8) is 0 Å². The van der Waals surface area contributed by atoms with Crippen molar-refractivity contribution >= 4 is 12.3 Å². The van der Waals surface area contributed by atoms with E-state index in [1.54, 1.807) is 36.4 Å². The van der Waals surface area contributed by atoms with E-state index in [-0.39, 0.29) is 18.2 Å². The number of nitrogens with one attached hydrogen (secondary N) is 1. The van der Waals surface area contributed by atoms with Crippen molar-refractivity contribution in [2.75, 3.05) is 5.32 Å². The van der Waals surface area contributed by atoms with Crippen LogP contribution in [0.2, 0.25) is 0 Å². The molecule has 0 fully saturated rings. The topological polar surface area (TPSA) is 73.6 Å². The fourth-order valence-electron chi connectivity index (χ4n) is 2.25. The van der Waals surface area contributed by atoms with Gasteiger partial charge in [0.2, 0.25) is 12.3 Å². The molecule has 0 saturated heterocycles. The highest BCUT2D eigenvalue weighted by molar-refractivity contribution is 5.71. The quantitative estimate of drug-likeness (QED) is 0.618. The highest BCUT2D eigenvalue weighted by Crippen LogP contribution is 2.32. The predicted molar refractivity (Wildman–Crippen MR) is 89.1 cm³/mol. The van der Waals surface area contributed by atoms with Crippen molar-refractivity contribution in [1.82, 2.24) is 5.16 Å². The number of ether oxygens (including phenoxy) is 2. The van der Waals surface area contributed by atoms with Gasteiger partial charge in [0.05, 0.1) is 0 Å². The van der Waals surface area contributed by atoms with Gasteiger partial charge in [-0.05, 0) is 17.7 Å². The molecule has 27 heavy (non-hydrogen) atoms. The summed E-state index contributed by atoms with van der Waals surface area (Å²) in [4.78, 5) is 10.4. The van der Waals surface area contributed by atoms with Gasteiger partial charge in [0.15, 0.2) is 11.5 Å². The zero-order chi connectivity index (χ0) is 19.3. The number of halogens is 3. The third-order valence-corrected chi connectivity index (χ3v) is 3.43. The minimum atomic E-state index is -4.80. The van der Waals surface area contributed by atoms with Crippen LogP contribution in [0.1, 0.15) is 5.56 Å². The van der Waals surface area contributed by atoms with E-state index in [2.05, 4.69) is 15.2 Å². The van der Waals surface area contributed by atoms with Crippen LogP contribution in [0.25, 0.3) is 11.3 Å². The lowest BCUT2D eigenvalue weighted by atomic mass is 10.1. The van der Waals surface area contributed by atoms with Gasteiger partial charge in [-0.2, -0.15) is 0 Å². The molecule has 0 saturated carbocycles. The molecule has 0 bridgehead atoms. The van der Waals surface area contributed by atoms with Gasteiger partial charge in [0, 0.05) is 11.6 Å². The zero-order valence-electron chi connectivity index (χ0n) is 13.7. The maximum atomic E-state index is 12.4. The van der Waals surface area contributed by atoms with Crippen LogP contribution >= 0.6 is 0 Å². The molecule has 0 unspecified atom stereocenters. The number of hydrogen-bond acceptors (Lipinski definition) is 5. The summed E-state index contributed by atoms with van der Waals surface area (Å²) in [5.74, 6) is -0.201. The summed E-state index contributed by atoms with van der Waals surface area (Å²) in [6.45, 7) is 0.0509. The molecule has 1 N–H and O–H groups in total. The number of aromatic nitrogens is 1. The van der Waals surface area contributed by atoms with Gasteiger partial charge in [-0.3, -0.25) is 10.1 Å². The number of carbonyl (C=O) groups excluding carboxylic acids is 1. The van der Waals surface area contributed by atoms with Gasteiger partial charge >= 0.3 is 6.36 Å². The van der Waals surface area contributed by atoms with Gasteiger partial charge in [0.25, 0.3) is 0 Å². The fourth-order valence-corrected chi connectivity index (χ4v) is 2.25. The first-order valence-electron chi connectivity index (χ1n) is 7.68. The Kier molecular flexibility index (Phi) is 5.30. The lowest BCUT2D eigenvalue weighted by Crippen LogP contribution is -2.17. The number of amides is 1. The predicted octanol–water partition coefficient (Wildman–Crippen LogP) is 4.39. The number of alkyl halides is 3. The first-order valence-corrected chi connectivity index (χ1v) is 7.68. The van der Waals surface area contributed by atoms with Crippen molar-refractivity contribution in [3.8, 4) is 22.8 Å². The van der Waals surface area contributed by atoms with Crippen LogP contribution in [0.15, 0.2) is 59.1 Å². The van der Waals surface area contributed by atoms with E-state index in [9.17, 15) is 18.0 Å². The Balaban J connectivity index is 1.66. The van der Waals surface area contributed by atoms with Crippen molar-refractivity contribution in [2.24, 2.45) is 0 Å². The molecule has 0 spiro atoms.